The number of fused-ring (bicyclic) bond motifs is 1. The van der Waals surface area contributed by atoms with Crippen molar-refractivity contribution in [2.75, 3.05) is 13.6 Å². The minimum Gasteiger partial charge on any atom is -0.335 e. The summed E-state index contributed by atoms with van der Waals surface area (Å²) in [4.78, 5) is 33.6. The van der Waals surface area contributed by atoms with Crippen molar-refractivity contribution in [1.29, 1.82) is 0 Å². The fourth-order valence-electron chi connectivity index (χ4n) is 5.93. The van der Waals surface area contributed by atoms with Gasteiger partial charge in [-0.1, -0.05) is 36.6 Å². The summed E-state index contributed by atoms with van der Waals surface area (Å²) >= 11 is 0. The highest BCUT2D eigenvalue weighted by atomic mass is 16.2. The molecule has 0 bridgehead atoms. The SMILES string of the molecule is CNC(C)C(=O)CC(C(=O)N1CCCC1c1ccnc(-n2nnc3ccccc32)c1)C1CCCCC1. The van der Waals surface area contributed by atoms with Gasteiger partial charge in [0.25, 0.3) is 0 Å². The molecule has 2 aromatic heterocycles. The number of ketones is 1. The Morgan fingerprint density at radius 3 is 2.69 bits per heavy atom. The maximum Gasteiger partial charge on any atom is 0.226 e. The first-order chi connectivity index (χ1) is 17.6. The lowest BCUT2D eigenvalue weighted by Gasteiger charge is -2.35. The molecule has 190 valence electrons. The molecule has 1 saturated heterocycles. The van der Waals surface area contributed by atoms with E-state index in [1.165, 1.54) is 6.42 Å². The summed E-state index contributed by atoms with van der Waals surface area (Å²) in [5.41, 5.74) is 2.77. The van der Waals surface area contributed by atoms with Gasteiger partial charge in [-0.05, 0) is 75.4 Å². The number of pyridine rings is 1. The van der Waals surface area contributed by atoms with Gasteiger partial charge in [0, 0.05) is 25.1 Å². The van der Waals surface area contributed by atoms with Gasteiger partial charge in [-0.25, -0.2) is 4.98 Å². The van der Waals surface area contributed by atoms with Crippen LogP contribution in [-0.2, 0) is 9.59 Å². The number of Topliss-reactive ketones (excluding diaryl/α,β-unsaturated/α-hetero) is 1. The number of amides is 1. The van der Waals surface area contributed by atoms with Crippen LogP contribution in [0.2, 0.25) is 0 Å². The summed E-state index contributed by atoms with van der Waals surface area (Å²) in [6.45, 7) is 2.61. The molecule has 1 N–H and O–H groups in total. The fourth-order valence-corrected chi connectivity index (χ4v) is 5.93. The first-order valence-electron chi connectivity index (χ1n) is 13.3. The second-order valence-corrected chi connectivity index (χ2v) is 10.3. The third kappa shape index (κ3) is 4.91. The van der Waals surface area contributed by atoms with E-state index in [9.17, 15) is 9.59 Å². The van der Waals surface area contributed by atoms with E-state index in [-0.39, 0.29) is 35.6 Å². The molecule has 8 nitrogen and oxygen atoms in total. The summed E-state index contributed by atoms with van der Waals surface area (Å²) in [7, 11) is 1.80. The molecule has 2 fully saturated rings. The predicted octanol–water partition coefficient (Wildman–Crippen LogP) is 4.24. The van der Waals surface area contributed by atoms with Crippen molar-refractivity contribution >= 4 is 22.7 Å². The van der Waals surface area contributed by atoms with Crippen LogP contribution in [0.25, 0.3) is 16.9 Å². The Labute approximate surface area is 212 Å². The van der Waals surface area contributed by atoms with Crippen molar-refractivity contribution in [2.24, 2.45) is 11.8 Å². The lowest BCUT2D eigenvalue weighted by Crippen LogP contribution is -2.42. The van der Waals surface area contributed by atoms with Gasteiger partial charge < -0.3 is 10.2 Å². The number of nitrogens with zero attached hydrogens (tertiary/aromatic N) is 5. The zero-order chi connectivity index (χ0) is 25.1. The van der Waals surface area contributed by atoms with Crippen molar-refractivity contribution in [1.82, 2.24) is 30.2 Å². The molecule has 0 spiro atoms. The van der Waals surface area contributed by atoms with Gasteiger partial charge in [0.1, 0.15) is 11.3 Å². The number of aromatic nitrogens is 4. The van der Waals surface area contributed by atoms with Crippen LogP contribution in [0.3, 0.4) is 0 Å². The van der Waals surface area contributed by atoms with Crippen LogP contribution < -0.4 is 5.32 Å². The summed E-state index contributed by atoms with van der Waals surface area (Å²) in [6.07, 6.45) is 9.57. The molecule has 1 saturated carbocycles. The van der Waals surface area contributed by atoms with Crippen LogP contribution in [0.15, 0.2) is 42.6 Å². The monoisotopic (exact) mass is 488 g/mol. The number of rotatable bonds is 8. The average molecular weight is 489 g/mol. The number of para-hydroxylation sites is 1. The van der Waals surface area contributed by atoms with Crippen LogP contribution >= 0.6 is 0 Å². The van der Waals surface area contributed by atoms with E-state index >= 15 is 0 Å². The molecule has 5 rings (SSSR count). The van der Waals surface area contributed by atoms with E-state index in [0.717, 1.165) is 61.7 Å². The third-order valence-electron chi connectivity index (χ3n) is 8.13. The molecule has 1 aromatic carbocycles. The number of hydrogen-bond acceptors (Lipinski definition) is 6. The Kier molecular flexibility index (Phi) is 7.41. The van der Waals surface area contributed by atoms with Crippen molar-refractivity contribution in [2.45, 2.75) is 70.4 Å². The highest BCUT2D eigenvalue weighted by molar-refractivity contribution is 5.90. The quantitative estimate of drug-likeness (QED) is 0.510. The second-order valence-electron chi connectivity index (χ2n) is 10.3. The summed E-state index contributed by atoms with van der Waals surface area (Å²) < 4.78 is 1.75. The molecule has 1 amide bonds. The van der Waals surface area contributed by atoms with E-state index < -0.39 is 0 Å². The smallest absolute Gasteiger partial charge is 0.226 e. The molecular formula is C28H36N6O2. The van der Waals surface area contributed by atoms with E-state index in [4.69, 9.17) is 0 Å². The number of nitrogens with one attached hydrogen (secondary N) is 1. The Morgan fingerprint density at radius 2 is 1.89 bits per heavy atom. The van der Waals surface area contributed by atoms with Gasteiger partial charge in [0.2, 0.25) is 5.91 Å². The fraction of sp³-hybridized carbons (Fsp3) is 0.536. The molecule has 36 heavy (non-hydrogen) atoms. The second kappa shape index (κ2) is 10.9. The van der Waals surface area contributed by atoms with Crippen LogP contribution in [-0.4, -0.2) is 56.2 Å². The van der Waals surface area contributed by atoms with Crippen molar-refractivity contribution in [3.8, 4) is 5.82 Å². The Balaban J connectivity index is 1.41. The molecule has 3 aromatic rings. The molecule has 0 radical (unpaired) electrons. The number of likely N-dealkylation sites (N-methyl/N-ethyl adjacent to an activating group) is 1. The lowest BCUT2D eigenvalue weighted by molar-refractivity contribution is -0.141. The van der Waals surface area contributed by atoms with Crippen LogP contribution in [0.4, 0.5) is 0 Å². The maximum atomic E-state index is 14.1. The zero-order valence-corrected chi connectivity index (χ0v) is 21.3. The molecule has 8 heteroatoms. The maximum absolute atomic E-state index is 14.1. The van der Waals surface area contributed by atoms with Crippen molar-refractivity contribution in [3.63, 3.8) is 0 Å². The molecule has 3 atom stereocenters. The zero-order valence-electron chi connectivity index (χ0n) is 21.3. The lowest BCUT2D eigenvalue weighted by atomic mass is 9.76. The minimum absolute atomic E-state index is 0.0167. The number of carbonyl (C=O) groups excluding carboxylic acids is 2. The highest BCUT2D eigenvalue weighted by Gasteiger charge is 2.39. The predicted molar refractivity (Wildman–Crippen MR) is 139 cm³/mol. The molecule has 3 heterocycles. The van der Waals surface area contributed by atoms with Crippen LogP contribution in [0.1, 0.15) is 69.9 Å². The Morgan fingerprint density at radius 1 is 1.08 bits per heavy atom. The van der Waals surface area contributed by atoms with Crippen LogP contribution in [0, 0.1) is 11.8 Å². The number of likely N-dealkylation sites (tertiary alicyclic amines) is 1. The Bertz CT molecular complexity index is 1220. The standard InChI is InChI=1S/C28H36N6O2/c1-19(29-2)26(35)18-22(20-9-4-3-5-10-20)28(36)33-16-8-13-24(33)21-14-15-30-27(17-21)34-25-12-7-6-11-23(25)31-32-34/h6-7,11-12,14-15,17,19-20,22,24,29H,3-5,8-10,13,16,18H2,1-2H3. The molecule has 1 aliphatic heterocycles. The van der Waals surface area contributed by atoms with Crippen molar-refractivity contribution < 1.29 is 9.59 Å². The van der Waals surface area contributed by atoms with Gasteiger partial charge in [0.05, 0.1) is 17.6 Å². The average Bonchev–Trinajstić information content (AvgIpc) is 3.59. The molecule has 2 aliphatic rings. The summed E-state index contributed by atoms with van der Waals surface area (Å²) in [5.74, 6) is 1.01. The first-order valence-corrected chi connectivity index (χ1v) is 13.3. The van der Waals surface area contributed by atoms with E-state index in [2.05, 4.69) is 20.6 Å². The van der Waals surface area contributed by atoms with Gasteiger partial charge in [-0.15, -0.1) is 5.10 Å². The van der Waals surface area contributed by atoms with E-state index in [1.807, 2.05) is 48.2 Å². The molecule has 1 aliphatic carbocycles. The normalized spacial score (nSPS) is 20.5. The van der Waals surface area contributed by atoms with Gasteiger partial charge >= 0.3 is 0 Å². The van der Waals surface area contributed by atoms with Gasteiger partial charge in [-0.2, -0.15) is 4.68 Å². The first kappa shape index (κ1) is 24.6. The third-order valence-corrected chi connectivity index (χ3v) is 8.13. The summed E-state index contributed by atoms with van der Waals surface area (Å²) in [5, 5.41) is 11.6. The van der Waals surface area contributed by atoms with E-state index in [0.29, 0.717) is 12.2 Å². The number of benzene rings is 1. The minimum atomic E-state index is -0.241. The molecular weight excluding hydrogens is 452 g/mol. The Hall–Kier alpha value is -3.13. The van der Waals surface area contributed by atoms with Gasteiger partial charge in [0.15, 0.2) is 5.82 Å². The topological polar surface area (TPSA) is 93.0 Å². The van der Waals surface area contributed by atoms with E-state index in [1.54, 1.807) is 17.9 Å². The number of carbonyl (C=O) groups is 2. The largest absolute Gasteiger partial charge is 0.335 e. The van der Waals surface area contributed by atoms with Gasteiger partial charge in [-0.3, -0.25) is 9.59 Å². The molecule has 3 unspecified atom stereocenters. The van der Waals surface area contributed by atoms with Crippen LogP contribution in [0.5, 0.6) is 0 Å². The number of hydrogen-bond donors (Lipinski definition) is 1. The highest BCUT2D eigenvalue weighted by Crippen LogP contribution is 2.38. The summed E-state index contributed by atoms with van der Waals surface area (Å²) in [6, 6.07) is 11.6. The van der Waals surface area contributed by atoms with Crippen molar-refractivity contribution in [3.05, 3.63) is 48.2 Å².